The Labute approximate surface area is 109 Å². The first-order valence-electron chi connectivity index (χ1n) is 5.63. The molecule has 0 bridgehead atoms. The van der Waals surface area contributed by atoms with E-state index in [1.807, 2.05) is 31.2 Å². The summed E-state index contributed by atoms with van der Waals surface area (Å²) in [5.74, 6) is 0. The predicted octanol–water partition coefficient (Wildman–Crippen LogP) is 2.76. The molecule has 0 radical (unpaired) electrons. The molecule has 2 aromatic rings. The van der Waals surface area contributed by atoms with E-state index in [0.29, 0.717) is 4.46 Å². The summed E-state index contributed by atoms with van der Waals surface area (Å²) in [6.45, 7) is 2.00. The van der Waals surface area contributed by atoms with Crippen molar-refractivity contribution in [1.29, 1.82) is 0 Å². The predicted molar refractivity (Wildman–Crippen MR) is 73.4 cm³/mol. The first-order chi connectivity index (χ1) is 8.58. The topological polar surface area (TPSA) is 34.1 Å². The first kappa shape index (κ1) is 12.7. The van der Waals surface area contributed by atoms with Crippen molar-refractivity contribution < 1.29 is 7.67 Å². The fourth-order valence-electron chi connectivity index (χ4n) is 1.53. The van der Waals surface area contributed by atoms with Crippen LogP contribution in [0.3, 0.4) is 0 Å². The monoisotopic (exact) mass is 306 g/mol. The standard InChI is InChI=1S/C15H14O2Se/c1-13-7-9-14(10-8-13)11-12-18(16,17)15-5-3-2-4-6-15/h2-12H,1H3/b12-11+. The molecule has 0 N–H and O–H groups in total. The van der Waals surface area contributed by atoms with Gasteiger partial charge in [-0.3, -0.25) is 0 Å². The molecular weight excluding hydrogens is 291 g/mol. The van der Waals surface area contributed by atoms with Gasteiger partial charge >= 0.3 is 109 Å². The molecule has 0 spiro atoms. The molecule has 2 nitrogen and oxygen atoms in total. The fraction of sp³-hybridized carbons (Fsp3) is 0.0667. The molecule has 0 amide bonds. The summed E-state index contributed by atoms with van der Waals surface area (Å²) in [5, 5.41) is 0. The Bertz CT molecular complexity index is 639. The Morgan fingerprint density at radius 3 is 2.11 bits per heavy atom. The molecule has 0 aromatic heterocycles. The number of hydrogen-bond acceptors (Lipinski definition) is 2. The van der Waals surface area contributed by atoms with E-state index in [2.05, 4.69) is 0 Å². The van der Waals surface area contributed by atoms with E-state index in [1.165, 1.54) is 4.97 Å². The number of rotatable bonds is 3. The average Bonchev–Trinajstić information content (AvgIpc) is 2.39. The Morgan fingerprint density at radius 2 is 1.50 bits per heavy atom. The van der Waals surface area contributed by atoms with Crippen molar-refractivity contribution in [2.24, 2.45) is 0 Å². The molecule has 0 saturated heterocycles. The van der Waals surface area contributed by atoms with Crippen molar-refractivity contribution in [3.63, 3.8) is 0 Å². The van der Waals surface area contributed by atoms with Crippen LogP contribution in [0.5, 0.6) is 0 Å². The van der Waals surface area contributed by atoms with Gasteiger partial charge < -0.3 is 0 Å². The molecule has 0 atom stereocenters. The van der Waals surface area contributed by atoms with Crippen molar-refractivity contribution in [3.8, 4) is 0 Å². The molecule has 0 fully saturated rings. The second-order valence-corrected chi connectivity index (χ2v) is 7.92. The quantitative estimate of drug-likeness (QED) is 0.817. The van der Waals surface area contributed by atoms with Crippen LogP contribution in [0.15, 0.2) is 59.6 Å². The van der Waals surface area contributed by atoms with Gasteiger partial charge in [0.05, 0.1) is 0 Å². The molecule has 0 saturated carbocycles. The summed E-state index contributed by atoms with van der Waals surface area (Å²) in [6, 6.07) is 16.3. The zero-order valence-corrected chi connectivity index (χ0v) is 11.8. The van der Waals surface area contributed by atoms with Crippen molar-refractivity contribution in [2.75, 3.05) is 0 Å². The van der Waals surface area contributed by atoms with Crippen LogP contribution in [0.25, 0.3) is 6.08 Å². The van der Waals surface area contributed by atoms with Gasteiger partial charge in [0.1, 0.15) is 0 Å². The molecule has 2 rings (SSSR count). The zero-order chi connectivity index (χ0) is 13.0. The van der Waals surface area contributed by atoms with Gasteiger partial charge in [-0.2, -0.15) is 0 Å². The van der Waals surface area contributed by atoms with E-state index in [0.717, 1.165) is 11.1 Å². The Kier molecular flexibility index (Phi) is 3.75. The number of benzene rings is 2. The van der Waals surface area contributed by atoms with Gasteiger partial charge in [-0.1, -0.05) is 0 Å². The van der Waals surface area contributed by atoms with Gasteiger partial charge in [0.15, 0.2) is 0 Å². The third-order valence-corrected chi connectivity index (χ3v) is 5.58. The molecule has 18 heavy (non-hydrogen) atoms. The van der Waals surface area contributed by atoms with Crippen molar-refractivity contribution in [2.45, 2.75) is 6.92 Å². The summed E-state index contributed by atoms with van der Waals surface area (Å²) in [5.41, 5.74) is 2.05. The Morgan fingerprint density at radius 1 is 0.889 bits per heavy atom. The number of hydrogen-bond donors (Lipinski definition) is 0. The van der Waals surface area contributed by atoms with Gasteiger partial charge in [-0.15, -0.1) is 0 Å². The second-order valence-electron chi connectivity index (χ2n) is 4.07. The summed E-state index contributed by atoms with van der Waals surface area (Å²) >= 11 is -4.15. The molecule has 3 heteroatoms. The van der Waals surface area contributed by atoms with E-state index in [9.17, 15) is 7.67 Å². The normalized spacial score (nSPS) is 11.8. The summed E-state index contributed by atoms with van der Waals surface area (Å²) in [6.07, 6.45) is 1.65. The summed E-state index contributed by atoms with van der Waals surface area (Å²) < 4.78 is 24.5. The summed E-state index contributed by atoms with van der Waals surface area (Å²) in [4.78, 5) is 1.32. The third-order valence-electron chi connectivity index (χ3n) is 2.59. The average molecular weight is 305 g/mol. The molecule has 0 aliphatic rings. The van der Waals surface area contributed by atoms with E-state index in [4.69, 9.17) is 0 Å². The SMILES string of the molecule is Cc1ccc(/C=C/[Se](=O)(=O)c2ccccc2)cc1. The van der Waals surface area contributed by atoms with E-state index < -0.39 is 12.7 Å². The molecule has 0 aliphatic heterocycles. The van der Waals surface area contributed by atoms with Crippen LogP contribution in [-0.4, -0.2) is 12.7 Å². The van der Waals surface area contributed by atoms with Crippen LogP contribution in [0, 0.1) is 6.92 Å². The van der Waals surface area contributed by atoms with Crippen molar-refractivity contribution >= 4 is 23.2 Å². The molecular formula is C15H14O2Se. The fourth-order valence-corrected chi connectivity index (χ4v) is 3.70. The Balaban J connectivity index is 2.26. The maximum atomic E-state index is 12.1. The van der Waals surface area contributed by atoms with E-state index >= 15 is 0 Å². The van der Waals surface area contributed by atoms with Crippen LogP contribution >= 0.6 is 0 Å². The maximum absolute atomic E-state index is 12.1. The van der Waals surface area contributed by atoms with E-state index in [-0.39, 0.29) is 0 Å². The zero-order valence-electron chi connectivity index (χ0n) is 10.1. The molecule has 0 aliphatic carbocycles. The molecule has 0 heterocycles. The second kappa shape index (κ2) is 5.30. The van der Waals surface area contributed by atoms with Gasteiger partial charge in [0.25, 0.3) is 0 Å². The third kappa shape index (κ3) is 3.16. The first-order valence-corrected chi connectivity index (χ1v) is 8.87. The molecule has 2 aromatic carbocycles. The summed E-state index contributed by atoms with van der Waals surface area (Å²) in [7, 11) is 0. The van der Waals surface area contributed by atoms with Crippen LogP contribution in [0.4, 0.5) is 0 Å². The van der Waals surface area contributed by atoms with Crippen LogP contribution in [0.1, 0.15) is 11.1 Å². The van der Waals surface area contributed by atoms with Gasteiger partial charge in [0.2, 0.25) is 0 Å². The van der Waals surface area contributed by atoms with Crippen LogP contribution in [0.2, 0.25) is 0 Å². The number of aryl methyl sites for hydroxylation is 1. The van der Waals surface area contributed by atoms with Crippen molar-refractivity contribution in [1.82, 2.24) is 0 Å². The van der Waals surface area contributed by atoms with Crippen LogP contribution in [-0.2, 0) is 7.67 Å². The van der Waals surface area contributed by atoms with Crippen molar-refractivity contribution in [3.05, 3.63) is 70.7 Å². The molecule has 92 valence electrons. The minimum atomic E-state index is -4.15. The minimum absolute atomic E-state index is 0.386. The van der Waals surface area contributed by atoms with Gasteiger partial charge in [-0.25, -0.2) is 0 Å². The Hall–Kier alpha value is -1.70. The van der Waals surface area contributed by atoms with Crippen LogP contribution < -0.4 is 4.46 Å². The van der Waals surface area contributed by atoms with E-state index in [1.54, 1.807) is 36.4 Å². The van der Waals surface area contributed by atoms with Gasteiger partial charge in [0, 0.05) is 0 Å². The van der Waals surface area contributed by atoms with Gasteiger partial charge in [-0.05, 0) is 0 Å². The molecule has 0 unspecified atom stereocenters.